The van der Waals surface area contributed by atoms with Gasteiger partial charge in [0.05, 0.1) is 11.6 Å². The lowest BCUT2D eigenvalue weighted by Gasteiger charge is -2.38. The van der Waals surface area contributed by atoms with Crippen LogP contribution < -0.4 is 5.32 Å². The number of fused-ring (bicyclic) bond motifs is 3. The van der Waals surface area contributed by atoms with Crippen molar-refractivity contribution in [1.29, 1.82) is 0 Å². The number of nitrogens with one attached hydrogen (secondary N) is 1. The molecule has 2 aromatic rings. The molecule has 3 atom stereocenters. The van der Waals surface area contributed by atoms with Crippen LogP contribution in [0.2, 0.25) is 0 Å². The van der Waals surface area contributed by atoms with Crippen LogP contribution >= 0.6 is 0 Å². The molecule has 0 radical (unpaired) electrons. The number of allylic oxidation sites excluding steroid dienone is 2. The van der Waals surface area contributed by atoms with Crippen molar-refractivity contribution in [2.75, 3.05) is 5.32 Å². The van der Waals surface area contributed by atoms with Crippen LogP contribution in [0.4, 0.5) is 5.69 Å². The van der Waals surface area contributed by atoms with Gasteiger partial charge in [-0.3, -0.25) is 0 Å². The number of carboxylic acids is 1. The number of benzene rings is 2. The van der Waals surface area contributed by atoms with Gasteiger partial charge in [0.25, 0.3) is 0 Å². The predicted octanol–water partition coefficient (Wildman–Crippen LogP) is 5.33. The smallest absolute Gasteiger partial charge is 0.335 e. The Morgan fingerprint density at radius 2 is 1.92 bits per heavy atom. The highest BCUT2D eigenvalue weighted by atomic mass is 16.4. The van der Waals surface area contributed by atoms with E-state index in [1.807, 2.05) is 12.1 Å². The van der Waals surface area contributed by atoms with Crippen molar-refractivity contribution in [2.24, 2.45) is 5.92 Å². The molecular formula is C22H23NO2. The summed E-state index contributed by atoms with van der Waals surface area (Å²) in [6.07, 6.45) is 5.67. The highest BCUT2D eigenvalue weighted by Crippen LogP contribution is 2.50. The zero-order valence-electron chi connectivity index (χ0n) is 14.6. The molecule has 2 aromatic carbocycles. The van der Waals surface area contributed by atoms with E-state index in [9.17, 15) is 4.79 Å². The molecule has 1 heterocycles. The molecule has 3 heteroatoms. The van der Waals surface area contributed by atoms with Crippen molar-refractivity contribution < 1.29 is 9.90 Å². The highest BCUT2D eigenvalue weighted by molar-refractivity contribution is 5.87. The SMILES string of the molecule is CC(C)c1ccc2c(c1)[C@H]1C=CC[C@@H]1[C@@H](c1ccc(C(=O)O)cc1)N2. The first kappa shape index (κ1) is 15.9. The normalized spacial score (nSPS) is 23.9. The first-order valence-electron chi connectivity index (χ1n) is 8.95. The Kier molecular flexibility index (Phi) is 3.87. The monoisotopic (exact) mass is 333 g/mol. The van der Waals surface area contributed by atoms with E-state index < -0.39 is 5.97 Å². The summed E-state index contributed by atoms with van der Waals surface area (Å²) in [5.74, 6) is 0.551. The summed E-state index contributed by atoms with van der Waals surface area (Å²) in [7, 11) is 0. The largest absolute Gasteiger partial charge is 0.478 e. The summed E-state index contributed by atoms with van der Waals surface area (Å²) in [6.45, 7) is 4.46. The minimum absolute atomic E-state index is 0.209. The molecule has 0 bridgehead atoms. The summed E-state index contributed by atoms with van der Waals surface area (Å²) in [6, 6.07) is 14.3. The lowest BCUT2D eigenvalue weighted by molar-refractivity contribution is 0.0697. The molecule has 2 aliphatic rings. The van der Waals surface area contributed by atoms with E-state index in [-0.39, 0.29) is 6.04 Å². The summed E-state index contributed by atoms with van der Waals surface area (Å²) in [5, 5.41) is 12.8. The lowest BCUT2D eigenvalue weighted by atomic mass is 9.76. The van der Waals surface area contributed by atoms with E-state index in [4.69, 9.17) is 5.11 Å². The molecule has 0 amide bonds. The van der Waals surface area contributed by atoms with Crippen molar-refractivity contribution in [3.05, 3.63) is 76.9 Å². The fourth-order valence-electron chi connectivity index (χ4n) is 4.14. The van der Waals surface area contributed by atoms with Crippen LogP contribution in [0.25, 0.3) is 0 Å². The standard InChI is InChI=1S/C22H23NO2/c1-13(2)16-10-11-20-19(12-16)17-4-3-5-18(17)21(23-20)14-6-8-15(9-7-14)22(24)25/h3-4,6-13,17-18,21,23H,5H2,1-2H3,(H,24,25)/t17-,18-,21+/m0/s1. The van der Waals surface area contributed by atoms with Gasteiger partial charge in [0.2, 0.25) is 0 Å². The molecule has 0 aromatic heterocycles. The number of hydrogen-bond acceptors (Lipinski definition) is 2. The van der Waals surface area contributed by atoms with Crippen molar-refractivity contribution >= 4 is 11.7 Å². The minimum Gasteiger partial charge on any atom is -0.478 e. The van der Waals surface area contributed by atoms with E-state index in [0.29, 0.717) is 23.3 Å². The Hall–Kier alpha value is -2.55. The minimum atomic E-state index is -0.880. The fourth-order valence-corrected chi connectivity index (χ4v) is 4.14. The summed E-state index contributed by atoms with van der Waals surface area (Å²) in [5.41, 5.74) is 5.46. The molecule has 0 fully saturated rings. The topological polar surface area (TPSA) is 49.3 Å². The Labute approximate surface area is 148 Å². The molecule has 4 rings (SSSR count). The van der Waals surface area contributed by atoms with Gasteiger partial charge in [0.15, 0.2) is 0 Å². The van der Waals surface area contributed by atoms with Crippen LogP contribution in [0.1, 0.15) is 65.2 Å². The van der Waals surface area contributed by atoms with Crippen LogP contribution in [-0.2, 0) is 0 Å². The molecule has 0 saturated heterocycles. The molecule has 0 spiro atoms. The number of aromatic carboxylic acids is 1. The molecule has 25 heavy (non-hydrogen) atoms. The molecule has 1 aliphatic heterocycles. The third kappa shape index (κ3) is 2.74. The maximum atomic E-state index is 11.1. The van der Waals surface area contributed by atoms with Gasteiger partial charge in [-0.1, -0.05) is 50.3 Å². The van der Waals surface area contributed by atoms with Crippen LogP contribution in [0.3, 0.4) is 0 Å². The van der Waals surface area contributed by atoms with Gasteiger partial charge < -0.3 is 10.4 Å². The molecule has 0 saturated carbocycles. The van der Waals surface area contributed by atoms with Crippen molar-refractivity contribution in [3.63, 3.8) is 0 Å². The van der Waals surface area contributed by atoms with Crippen molar-refractivity contribution in [1.82, 2.24) is 0 Å². The van der Waals surface area contributed by atoms with Gasteiger partial charge in [0, 0.05) is 11.6 Å². The fraction of sp³-hybridized carbons (Fsp3) is 0.318. The Balaban J connectivity index is 1.71. The third-order valence-electron chi connectivity index (χ3n) is 5.57. The lowest BCUT2D eigenvalue weighted by Crippen LogP contribution is -2.29. The highest BCUT2D eigenvalue weighted by Gasteiger charge is 2.37. The second kappa shape index (κ2) is 6.07. The third-order valence-corrected chi connectivity index (χ3v) is 5.57. The predicted molar refractivity (Wildman–Crippen MR) is 100 cm³/mol. The van der Waals surface area contributed by atoms with Gasteiger partial charge in [-0.05, 0) is 53.1 Å². The second-order valence-corrected chi connectivity index (χ2v) is 7.40. The molecule has 1 aliphatic carbocycles. The first-order valence-corrected chi connectivity index (χ1v) is 8.95. The zero-order chi connectivity index (χ0) is 17.6. The number of anilines is 1. The Morgan fingerprint density at radius 3 is 2.60 bits per heavy atom. The number of hydrogen-bond donors (Lipinski definition) is 2. The zero-order valence-corrected chi connectivity index (χ0v) is 14.6. The van der Waals surface area contributed by atoms with E-state index in [1.165, 1.54) is 16.8 Å². The number of carbonyl (C=O) groups is 1. The quantitative estimate of drug-likeness (QED) is 0.746. The molecule has 3 nitrogen and oxygen atoms in total. The summed E-state index contributed by atoms with van der Waals surface area (Å²) < 4.78 is 0. The molecule has 128 valence electrons. The van der Waals surface area contributed by atoms with E-state index >= 15 is 0 Å². The van der Waals surface area contributed by atoms with Gasteiger partial charge >= 0.3 is 5.97 Å². The van der Waals surface area contributed by atoms with Gasteiger partial charge in [-0.15, -0.1) is 0 Å². The Morgan fingerprint density at radius 1 is 1.16 bits per heavy atom. The number of rotatable bonds is 3. The number of carboxylic acid groups (broad SMARTS) is 1. The van der Waals surface area contributed by atoms with Crippen LogP contribution in [-0.4, -0.2) is 11.1 Å². The maximum Gasteiger partial charge on any atom is 0.335 e. The van der Waals surface area contributed by atoms with Crippen LogP contribution in [0.5, 0.6) is 0 Å². The molecule has 0 unspecified atom stereocenters. The van der Waals surface area contributed by atoms with Crippen molar-refractivity contribution in [3.8, 4) is 0 Å². The van der Waals surface area contributed by atoms with Gasteiger partial charge in [-0.2, -0.15) is 0 Å². The second-order valence-electron chi connectivity index (χ2n) is 7.40. The molecular weight excluding hydrogens is 310 g/mol. The van der Waals surface area contributed by atoms with Gasteiger partial charge in [-0.25, -0.2) is 4.79 Å². The summed E-state index contributed by atoms with van der Waals surface area (Å²) >= 11 is 0. The Bertz CT molecular complexity index is 836. The average molecular weight is 333 g/mol. The van der Waals surface area contributed by atoms with Crippen LogP contribution in [0, 0.1) is 5.92 Å². The van der Waals surface area contributed by atoms with E-state index in [0.717, 1.165) is 12.0 Å². The molecule has 2 N–H and O–H groups in total. The summed E-state index contributed by atoms with van der Waals surface area (Å²) in [4.78, 5) is 11.1. The van der Waals surface area contributed by atoms with E-state index in [1.54, 1.807) is 12.1 Å². The van der Waals surface area contributed by atoms with Crippen molar-refractivity contribution in [2.45, 2.75) is 38.1 Å². The van der Waals surface area contributed by atoms with Crippen LogP contribution in [0.15, 0.2) is 54.6 Å². The first-order chi connectivity index (χ1) is 12.0. The van der Waals surface area contributed by atoms with E-state index in [2.05, 4.69) is 49.5 Å². The average Bonchev–Trinajstić information content (AvgIpc) is 3.10. The van der Waals surface area contributed by atoms with Gasteiger partial charge in [0.1, 0.15) is 0 Å². The maximum absolute atomic E-state index is 11.1.